The van der Waals surface area contributed by atoms with E-state index in [0.29, 0.717) is 24.7 Å². The topological polar surface area (TPSA) is 57.5 Å². The van der Waals surface area contributed by atoms with Crippen molar-refractivity contribution >= 4 is 22.8 Å². The molecular formula is C18H20ClNO4. The van der Waals surface area contributed by atoms with Crippen LogP contribution in [0.4, 0.5) is 0 Å². The van der Waals surface area contributed by atoms with Crippen molar-refractivity contribution in [2.75, 3.05) is 6.61 Å². The van der Waals surface area contributed by atoms with Gasteiger partial charge >= 0.3 is 5.97 Å². The molecule has 6 heteroatoms. The fourth-order valence-electron chi connectivity index (χ4n) is 2.28. The van der Waals surface area contributed by atoms with E-state index in [2.05, 4.69) is 0 Å². The Morgan fingerprint density at radius 1 is 1.21 bits per heavy atom. The smallest absolute Gasteiger partial charge is 0.311 e. The Labute approximate surface area is 146 Å². The second-order valence-corrected chi connectivity index (χ2v) is 5.70. The summed E-state index contributed by atoms with van der Waals surface area (Å²) in [6.45, 7) is 2.61. The van der Waals surface area contributed by atoms with E-state index in [1.54, 1.807) is 17.7 Å². The molecule has 0 aliphatic carbocycles. The third-order valence-corrected chi connectivity index (χ3v) is 3.69. The summed E-state index contributed by atoms with van der Waals surface area (Å²) in [7, 11) is 1.67. The molecule has 0 aliphatic heterocycles. The van der Waals surface area contributed by atoms with E-state index in [0.717, 1.165) is 12.0 Å². The average Bonchev–Trinajstić information content (AvgIpc) is 2.88. The van der Waals surface area contributed by atoms with Crippen molar-refractivity contribution in [3.8, 4) is 5.75 Å². The van der Waals surface area contributed by atoms with E-state index in [9.17, 15) is 9.59 Å². The highest BCUT2D eigenvalue weighted by atomic mass is 35.5. The minimum Gasteiger partial charge on any atom is -0.486 e. The predicted octanol–water partition coefficient (Wildman–Crippen LogP) is 3.48. The number of esters is 1. The highest BCUT2D eigenvalue weighted by molar-refractivity contribution is 6.67. The predicted molar refractivity (Wildman–Crippen MR) is 91.3 cm³/mol. The Hall–Kier alpha value is -2.27. The number of carbonyl (C=O) groups is 2. The minimum absolute atomic E-state index is 0.0579. The molecule has 0 spiro atoms. The number of aromatic nitrogens is 1. The Morgan fingerprint density at radius 2 is 1.92 bits per heavy atom. The van der Waals surface area contributed by atoms with E-state index in [4.69, 9.17) is 21.1 Å². The van der Waals surface area contributed by atoms with Gasteiger partial charge < -0.3 is 14.0 Å². The lowest BCUT2D eigenvalue weighted by molar-refractivity contribution is -0.142. The van der Waals surface area contributed by atoms with Crippen molar-refractivity contribution in [1.29, 1.82) is 0 Å². The van der Waals surface area contributed by atoms with Crippen LogP contribution >= 0.6 is 11.6 Å². The van der Waals surface area contributed by atoms with Crippen molar-refractivity contribution < 1.29 is 19.1 Å². The SMILES string of the molecule is CCCOC(=O)Cc1cc(OCc2ccccc2)c(C(=O)Cl)n1C. The number of ether oxygens (including phenoxy) is 2. The molecule has 0 unspecified atom stereocenters. The van der Waals surface area contributed by atoms with Gasteiger partial charge in [0.15, 0.2) is 0 Å². The third-order valence-electron chi connectivity index (χ3n) is 3.51. The maximum absolute atomic E-state index is 11.8. The number of hydrogen-bond donors (Lipinski definition) is 0. The number of benzene rings is 1. The van der Waals surface area contributed by atoms with Gasteiger partial charge in [0, 0.05) is 18.8 Å². The van der Waals surface area contributed by atoms with Gasteiger partial charge in [0.1, 0.15) is 18.1 Å². The molecule has 0 N–H and O–H groups in total. The summed E-state index contributed by atoms with van der Waals surface area (Å²) >= 11 is 5.67. The minimum atomic E-state index is -0.631. The maximum Gasteiger partial charge on any atom is 0.311 e. The molecule has 5 nitrogen and oxygen atoms in total. The van der Waals surface area contributed by atoms with Gasteiger partial charge in [-0.15, -0.1) is 0 Å². The van der Waals surface area contributed by atoms with Crippen molar-refractivity contribution in [1.82, 2.24) is 4.57 Å². The molecule has 24 heavy (non-hydrogen) atoms. The standard InChI is InChI=1S/C18H20ClNO4/c1-3-9-23-16(21)11-14-10-15(17(18(19)22)20(14)2)24-12-13-7-5-4-6-8-13/h4-8,10H,3,9,11-12H2,1-2H3. The van der Waals surface area contributed by atoms with Crippen molar-refractivity contribution in [3.05, 3.63) is 53.3 Å². The van der Waals surface area contributed by atoms with Crippen LogP contribution in [0.5, 0.6) is 5.75 Å². The molecule has 0 amide bonds. The zero-order valence-corrected chi connectivity index (χ0v) is 14.5. The number of hydrogen-bond acceptors (Lipinski definition) is 4. The molecule has 1 aromatic carbocycles. The molecule has 0 radical (unpaired) electrons. The van der Waals surface area contributed by atoms with Crippen LogP contribution < -0.4 is 4.74 Å². The number of nitrogens with zero attached hydrogens (tertiary/aromatic N) is 1. The van der Waals surface area contributed by atoms with Gasteiger partial charge in [-0.05, 0) is 23.6 Å². The first kappa shape index (κ1) is 18.1. The number of carbonyl (C=O) groups excluding carboxylic acids is 2. The average molecular weight is 350 g/mol. The molecule has 1 heterocycles. The normalized spacial score (nSPS) is 10.5. The Kier molecular flexibility index (Phi) is 6.44. The molecule has 0 saturated heterocycles. The lowest BCUT2D eigenvalue weighted by Crippen LogP contribution is -2.12. The molecule has 0 fully saturated rings. The summed E-state index contributed by atoms with van der Waals surface area (Å²) in [5, 5.41) is -0.631. The van der Waals surface area contributed by atoms with Gasteiger partial charge in [-0.3, -0.25) is 9.59 Å². The van der Waals surface area contributed by atoms with Crippen LogP contribution in [0.1, 0.15) is 35.1 Å². The third kappa shape index (κ3) is 4.61. The molecule has 0 bridgehead atoms. The van der Waals surface area contributed by atoms with Gasteiger partial charge in [-0.2, -0.15) is 0 Å². The van der Waals surface area contributed by atoms with Crippen LogP contribution in [-0.4, -0.2) is 22.4 Å². The summed E-state index contributed by atoms with van der Waals surface area (Å²) in [5.74, 6) is 0.0141. The molecule has 2 rings (SSSR count). The molecule has 1 aromatic heterocycles. The highest BCUT2D eigenvalue weighted by Crippen LogP contribution is 2.26. The largest absolute Gasteiger partial charge is 0.486 e. The first-order valence-corrected chi connectivity index (χ1v) is 8.11. The summed E-state index contributed by atoms with van der Waals surface area (Å²) in [6.07, 6.45) is 0.818. The maximum atomic E-state index is 11.8. The Bertz CT molecular complexity index is 709. The van der Waals surface area contributed by atoms with Crippen molar-refractivity contribution in [2.45, 2.75) is 26.4 Å². The van der Waals surface area contributed by atoms with E-state index >= 15 is 0 Å². The summed E-state index contributed by atoms with van der Waals surface area (Å²) < 4.78 is 12.4. The second-order valence-electron chi connectivity index (χ2n) is 5.35. The molecule has 0 aliphatic rings. The van der Waals surface area contributed by atoms with Gasteiger partial charge in [-0.1, -0.05) is 37.3 Å². The Balaban J connectivity index is 2.16. The summed E-state index contributed by atoms with van der Waals surface area (Å²) in [5.41, 5.74) is 1.81. The summed E-state index contributed by atoms with van der Waals surface area (Å²) in [4.78, 5) is 23.5. The van der Waals surface area contributed by atoms with Crippen LogP contribution in [0.2, 0.25) is 0 Å². The van der Waals surface area contributed by atoms with Crippen LogP contribution in [0, 0.1) is 0 Å². The van der Waals surface area contributed by atoms with Crippen LogP contribution in [0.15, 0.2) is 36.4 Å². The molecule has 0 saturated carbocycles. The monoisotopic (exact) mass is 349 g/mol. The van der Waals surface area contributed by atoms with Gasteiger partial charge in [0.2, 0.25) is 0 Å². The lowest BCUT2D eigenvalue weighted by Gasteiger charge is -2.07. The van der Waals surface area contributed by atoms with Crippen LogP contribution in [-0.2, 0) is 29.6 Å². The molecule has 0 atom stereocenters. The van der Waals surface area contributed by atoms with Crippen LogP contribution in [0.3, 0.4) is 0 Å². The molecule has 128 valence electrons. The highest BCUT2D eigenvalue weighted by Gasteiger charge is 2.21. The first-order valence-electron chi connectivity index (χ1n) is 7.73. The van der Waals surface area contributed by atoms with Gasteiger partial charge in [0.05, 0.1) is 13.0 Å². The zero-order chi connectivity index (χ0) is 17.5. The van der Waals surface area contributed by atoms with Gasteiger partial charge in [-0.25, -0.2) is 0 Å². The molecular weight excluding hydrogens is 330 g/mol. The Morgan fingerprint density at radius 3 is 2.54 bits per heavy atom. The fraction of sp³-hybridized carbons (Fsp3) is 0.333. The quantitative estimate of drug-likeness (QED) is 0.541. The fourth-order valence-corrected chi connectivity index (χ4v) is 2.50. The van der Waals surface area contributed by atoms with E-state index in [-0.39, 0.29) is 18.1 Å². The van der Waals surface area contributed by atoms with Gasteiger partial charge in [0.25, 0.3) is 5.24 Å². The molecule has 2 aromatic rings. The van der Waals surface area contributed by atoms with Crippen LogP contribution in [0.25, 0.3) is 0 Å². The van der Waals surface area contributed by atoms with Crippen molar-refractivity contribution in [3.63, 3.8) is 0 Å². The first-order chi connectivity index (χ1) is 11.5. The zero-order valence-electron chi connectivity index (χ0n) is 13.8. The van der Waals surface area contributed by atoms with E-state index in [1.165, 1.54) is 0 Å². The second kappa shape index (κ2) is 8.55. The van der Waals surface area contributed by atoms with E-state index in [1.807, 2.05) is 37.3 Å². The van der Waals surface area contributed by atoms with E-state index < -0.39 is 5.24 Å². The lowest BCUT2D eigenvalue weighted by atomic mass is 10.2. The van der Waals surface area contributed by atoms with Crippen molar-refractivity contribution in [2.24, 2.45) is 7.05 Å². The number of rotatable bonds is 8. The summed E-state index contributed by atoms with van der Waals surface area (Å²) in [6, 6.07) is 11.2. The number of halogens is 1.